The van der Waals surface area contributed by atoms with E-state index in [1.54, 1.807) is 0 Å². The number of imidazole rings is 1. The van der Waals surface area contributed by atoms with E-state index in [1.165, 1.54) is 22.2 Å². The topological polar surface area (TPSA) is 43.8 Å². The van der Waals surface area contributed by atoms with E-state index in [0.29, 0.717) is 6.54 Å². The number of hydrogen-bond donors (Lipinski definition) is 1. The Hall–Kier alpha value is -2.13. The van der Waals surface area contributed by atoms with E-state index in [2.05, 4.69) is 61.0 Å². The molecule has 0 aliphatic carbocycles. The van der Waals surface area contributed by atoms with Gasteiger partial charge >= 0.3 is 0 Å². The monoisotopic (exact) mass is 265 g/mol. The van der Waals surface area contributed by atoms with E-state index in [9.17, 15) is 0 Å². The van der Waals surface area contributed by atoms with Gasteiger partial charge in [0.2, 0.25) is 0 Å². The molecule has 0 aliphatic heterocycles. The third-order valence-corrected chi connectivity index (χ3v) is 3.77. The summed E-state index contributed by atoms with van der Waals surface area (Å²) in [6, 6.07) is 14.6. The van der Waals surface area contributed by atoms with Crippen molar-refractivity contribution in [2.24, 2.45) is 12.8 Å². The number of para-hydroxylation sites is 1. The number of nitrogens with zero attached hydrogens (tertiary/aromatic N) is 2. The molecule has 0 radical (unpaired) electrons. The molecule has 2 aromatic carbocycles. The van der Waals surface area contributed by atoms with Crippen LogP contribution in [0, 0.1) is 6.92 Å². The summed E-state index contributed by atoms with van der Waals surface area (Å²) in [6.07, 6.45) is 0.873. The van der Waals surface area contributed by atoms with Gasteiger partial charge in [0.1, 0.15) is 5.82 Å². The van der Waals surface area contributed by atoms with Gasteiger partial charge in [0.25, 0.3) is 0 Å². The van der Waals surface area contributed by atoms with Gasteiger partial charge in [0.05, 0.1) is 11.0 Å². The maximum atomic E-state index is 5.72. The molecule has 1 aromatic heterocycles. The first-order chi connectivity index (χ1) is 9.72. The number of aryl methyl sites for hydroxylation is 2. The first-order valence-corrected chi connectivity index (χ1v) is 6.92. The molecule has 1 heterocycles. The SMILES string of the molecule is Cc1cccc2nc(-c3ccccc3CCN)n(C)c12. The summed E-state index contributed by atoms with van der Waals surface area (Å²) in [6.45, 7) is 2.78. The smallest absolute Gasteiger partial charge is 0.141 e. The van der Waals surface area contributed by atoms with Gasteiger partial charge in [0.15, 0.2) is 0 Å². The number of nitrogens with two attached hydrogens (primary N) is 1. The van der Waals surface area contributed by atoms with Crippen LogP contribution >= 0.6 is 0 Å². The van der Waals surface area contributed by atoms with E-state index in [-0.39, 0.29) is 0 Å². The van der Waals surface area contributed by atoms with Gasteiger partial charge in [0, 0.05) is 12.6 Å². The van der Waals surface area contributed by atoms with Crippen LogP contribution in [0.1, 0.15) is 11.1 Å². The van der Waals surface area contributed by atoms with Gasteiger partial charge < -0.3 is 10.3 Å². The zero-order chi connectivity index (χ0) is 14.1. The normalized spacial score (nSPS) is 11.2. The van der Waals surface area contributed by atoms with Crippen molar-refractivity contribution >= 4 is 11.0 Å². The Morgan fingerprint density at radius 2 is 1.90 bits per heavy atom. The molecule has 0 atom stereocenters. The van der Waals surface area contributed by atoms with E-state index >= 15 is 0 Å². The maximum absolute atomic E-state index is 5.72. The Morgan fingerprint density at radius 3 is 2.65 bits per heavy atom. The first kappa shape index (κ1) is 12.9. The highest BCUT2D eigenvalue weighted by Crippen LogP contribution is 2.28. The fraction of sp³-hybridized carbons (Fsp3) is 0.235. The lowest BCUT2D eigenvalue weighted by molar-refractivity contribution is 0.935. The Labute approximate surface area is 119 Å². The van der Waals surface area contributed by atoms with E-state index in [4.69, 9.17) is 10.7 Å². The Bertz CT molecular complexity index is 756. The predicted octanol–water partition coefficient (Wildman–Crippen LogP) is 3.05. The quantitative estimate of drug-likeness (QED) is 0.791. The highest BCUT2D eigenvalue weighted by atomic mass is 15.1. The highest BCUT2D eigenvalue weighted by molar-refractivity contribution is 5.83. The largest absolute Gasteiger partial charge is 0.330 e. The Morgan fingerprint density at radius 1 is 1.10 bits per heavy atom. The second-order valence-corrected chi connectivity index (χ2v) is 5.13. The number of benzene rings is 2. The standard InChI is InChI=1S/C17H19N3/c1-12-6-5-9-15-16(12)20(2)17(19-15)14-8-4-3-7-13(14)10-11-18/h3-9H,10-11,18H2,1-2H3. The summed E-state index contributed by atoms with van der Waals surface area (Å²) in [5.41, 5.74) is 11.6. The van der Waals surface area contributed by atoms with Gasteiger partial charge in [-0.05, 0) is 37.1 Å². The second kappa shape index (κ2) is 5.10. The molecule has 0 bridgehead atoms. The fourth-order valence-corrected chi connectivity index (χ4v) is 2.82. The summed E-state index contributed by atoms with van der Waals surface area (Å²) >= 11 is 0. The molecule has 3 rings (SSSR count). The molecular weight excluding hydrogens is 246 g/mol. The maximum Gasteiger partial charge on any atom is 0.141 e. The van der Waals surface area contributed by atoms with Crippen molar-refractivity contribution in [3.05, 3.63) is 53.6 Å². The van der Waals surface area contributed by atoms with Crippen molar-refractivity contribution in [3.8, 4) is 11.4 Å². The first-order valence-electron chi connectivity index (χ1n) is 6.92. The zero-order valence-electron chi connectivity index (χ0n) is 11.9. The van der Waals surface area contributed by atoms with Crippen molar-refractivity contribution in [2.45, 2.75) is 13.3 Å². The van der Waals surface area contributed by atoms with Crippen molar-refractivity contribution in [3.63, 3.8) is 0 Å². The number of rotatable bonds is 3. The average molecular weight is 265 g/mol. The zero-order valence-corrected chi connectivity index (χ0v) is 11.9. The number of aromatic nitrogens is 2. The molecular formula is C17H19N3. The lowest BCUT2D eigenvalue weighted by Crippen LogP contribution is -2.05. The van der Waals surface area contributed by atoms with Crippen LogP contribution in [0.2, 0.25) is 0 Å². The molecule has 20 heavy (non-hydrogen) atoms. The summed E-state index contributed by atoms with van der Waals surface area (Å²) in [4.78, 5) is 4.81. The molecule has 3 heteroatoms. The molecule has 0 saturated carbocycles. The Kier molecular flexibility index (Phi) is 3.28. The van der Waals surface area contributed by atoms with Crippen LogP contribution in [0.5, 0.6) is 0 Å². The molecule has 0 spiro atoms. The number of fused-ring (bicyclic) bond motifs is 1. The third-order valence-electron chi connectivity index (χ3n) is 3.77. The summed E-state index contributed by atoms with van der Waals surface area (Å²) in [7, 11) is 2.08. The van der Waals surface area contributed by atoms with Crippen LogP contribution < -0.4 is 5.73 Å². The molecule has 0 saturated heterocycles. The molecule has 3 nitrogen and oxygen atoms in total. The fourth-order valence-electron chi connectivity index (χ4n) is 2.82. The van der Waals surface area contributed by atoms with E-state index < -0.39 is 0 Å². The molecule has 3 aromatic rings. The predicted molar refractivity (Wildman–Crippen MR) is 83.6 cm³/mol. The summed E-state index contributed by atoms with van der Waals surface area (Å²) < 4.78 is 2.18. The minimum Gasteiger partial charge on any atom is -0.330 e. The number of hydrogen-bond acceptors (Lipinski definition) is 2. The highest BCUT2D eigenvalue weighted by Gasteiger charge is 2.13. The molecule has 0 aliphatic rings. The Balaban J connectivity index is 2.25. The minimum absolute atomic E-state index is 0.653. The third kappa shape index (κ3) is 2.00. The lowest BCUT2D eigenvalue weighted by atomic mass is 10.0. The van der Waals surface area contributed by atoms with Crippen LogP contribution in [0.3, 0.4) is 0 Å². The van der Waals surface area contributed by atoms with Crippen LogP contribution in [-0.4, -0.2) is 16.1 Å². The van der Waals surface area contributed by atoms with Gasteiger partial charge in [-0.25, -0.2) is 4.98 Å². The van der Waals surface area contributed by atoms with Gasteiger partial charge in [-0.1, -0.05) is 36.4 Å². The van der Waals surface area contributed by atoms with Crippen LogP contribution in [-0.2, 0) is 13.5 Å². The van der Waals surface area contributed by atoms with Gasteiger partial charge in [-0.15, -0.1) is 0 Å². The lowest BCUT2D eigenvalue weighted by Gasteiger charge is -2.09. The van der Waals surface area contributed by atoms with Crippen LogP contribution in [0.25, 0.3) is 22.4 Å². The average Bonchev–Trinajstić information content (AvgIpc) is 2.78. The van der Waals surface area contributed by atoms with Crippen molar-refractivity contribution in [1.82, 2.24) is 9.55 Å². The second-order valence-electron chi connectivity index (χ2n) is 5.13. The van der Waals surface area contributed by atoms with Crippen LogP contribution in [0.4, 0.5) is 0 Å². The summed E-state index contributed by atoms with van der Waals surface area (Å²) in [5.74, 6) is 1.01. The van der Waals surface area contributed by atoms with Gasteiger partial charge in [-0.2, -0.15) is 0 Å². The van der Waals surface area contributed by atoms with Gasteiger partial charge in [-0.3, -0.25) is 0 Å². The molecule has 0 fully saturated rings. The van der Waals surface area contributed by atoms with Crippen molar-refractivity contribution in [1.29, 1.82) is 0 Å². The van der Waals surface area contributed by atoms with Crippen LogP contribution in [0.15, 0.2) is 42.5 Å². The minimum atomic E-state index is 0.653. The molecule has 2 N–H and O–H groups in total. The van der Waals surface area contributed by atoms with E-state index in [1.807, 2.05) is 0 Å². The molecule has 102 valence electrons. The van der Waals surface area contributed by atoms with Crippen molar-refractivity contribution < 1.29 is 0 Å². The van der Waals surface area contributed by atoms with Crippen molar-refractivity contribution in [2.75, 3.05) is 6.54 Å². The molecule has 0 unspecified atom stereocenters. The molecule has 0 amide bonds. The summed E-state index contributed by atoms with van der Waals surface area (Å²) in [5, 5.41) is 0. The van der Waals surface area contributed by atoms with E-state index in [0.717, 1.165) is 17.8 Å².